The van der Waals surface area contributed by atoms with Crippen LogP contribution in [-0.4, -0.2) is 18.6 Å². The van der Waals surface area contributed by atoms with Crippen molar-refractivity contribution in [3.63, 3.8) is 0 Å². The van der Waals surface area contributed by atoms with E-state index >= 15 is 0 Å². The van der Waals surface area contributed by atoms with Crippen LogP contribution in [0.4, 0.5) is 0 Å². The van der Waals surface area contributed by atoms with Crippen molar-refractivity contribution in [3.05, 3.63) is 0 Å². The molecule has 0 saturated heterocycles. The van der Waals surface area contributed by atoms with Crippen LogP contribution in [0.1, 0.15) is 26.7 Å². The van der Waals surface area contributed by atoms with E-state index in [1.807, 2.05) is 6.92 Å². The average Bonchev–Trinajstić information content (AvgIpc) is 2.01. The van der Waals surface area contributed by atoms with E-state index in [0.717, 1.165) is 6.42 Å². The van der Waals surface area contributed by atoms with Gasteiger partial charge in [0.2, 0.25) is 0 Å². The van der Waals surface area contributed by atoms with Gasteiger partial charge in [-0.05, 0) is 13.3 Å². The Morgan fingerprint density at radius 1 is 1.58 bits per heavy atom. The fourth-order valence-corrected chi connectivity index (χ4v) is 0.792. The van der Waals surface area contributed by atoms with Gasteiger partial charge in [-0.2, -0.15) is 4.89 Å². The average molecular weight is 177 g/mol. The maximum Gasteiger partial charge on any atom is 0.252 e. The van der Waals surface area contributed by atoms with Gasteiger partial charge >= 0.3 is 0 Å². The first-order valence-corrected chi connectivity index (χ1v) is 3.75. The molecule has 0 aromatic rings. The molecule has 2 N–H and O–H groups in total. The van der Waals surface area contributed by atoms with E-state index in [1.54, 1.807) is 6.92 Å². The summed E-state index contributed by atoms with van der Waals surface area (Å²) >= 11 is 0. The molecule has 0 aliphatic rings. The molecule has 0 rings (SSSR count). The molecule has 12 heavy (non-hydrogen) atoms. The number of carbonyl (C=O) groups is 1. The van der Waals surface area contributed by atoms with Crippen LogP contribution in [0.3, 0.4) is 0 Å². The minimum atomic E-state index is -1.11. The number of hydrogen-bond donors (Lipinski definition) is 1. The summed E-state index contributed by atoms with van der Waals surface area (Å²) in [6, 6.07) is 0. The highest BCUT2D eigenvalue weighted by molar-refractivity contribution is 5.82. The molecule has 0 aliphatic heterocycles. The van der Waals surface area contributed by atoms with Crippen LogP contribution < -0.4 is 5.73 Å². The van der Waals surface area contributed by atoms with E-state index in [-0.39, 0.29) is 0 Å². The lowest BCUT2D eigenvalue weighted by Gasteiger charge is -2.22. The second kappa shape index (κ2) is 5.08. The first kappa shape index (κ1) is 11.4. The minimum Gasteiger partial charge on any atom is -0.367 e. The molecule has 0 aromatic carbocycles. The standard InChI is InChI=1S/C7H15NO4/c1-4-5-7(2,6(8)9)11-12-10-3/h4-5H2,1-3H3,(H2,8,9). The second-order valence-corrected chi connectivity index (χ2v) is 2.66. The fourth-order valence-electron chi connectivity index (χ4n) is 0.792. The Balaban J connectivity index is 4.08. The molecule has 1 unspecified atom stereocenters. The lowest BCUT2D eigenvalue weighted by Crippen LogP contribution is -2.43. The van der Waals surface area contributed by atoms with Crippen molar-refractivity contribution in [2.24, 2.45) is 5.73 Å². The minimum absolute atomic E-state index is 0.492. The largest absolute Gasteiger partial charge is 0.367 e. The van der Waals surface area contributed by atoms with Crippen molar-refractivity contribution in [1.82, 2.24) is 0 Å². The molecule has 0 aromatic heterocycles. The highest BCUT2D eigenvalue weighted by Crippen LogP contribution is 2.17. The van der Waals surface area contributed by atoms with Crippen LogP contribution >= 0.6 is 0 Å². The summed E-state index contributed by atoms with van der Waals surface area (Å²) in [5.74, 6) is -0.568. The van der Waals surface area contributed by atoms with Crippen LogP contribution in [0.2, 0.25) is 0 Å². The Hall–Kier alpha value is -0.650. The topological polar surface area (TPSA) is 70.8 Å². The quantitative estimate of drug-likeness (QED) is 0.475. The Kier molecular flexibility index (Phi) is 4.80. The Bertz CT molecular complexity index is 150. The van der Waals surface area contributed by atoms with Crippen LogP contribution in [-0.2, 0) is 19.6 Å². The molecule has 0 fully saturated rings. The molecule has 0 radical (unpaired) electrons. The van der Waals surface area contributed by atoms with Crippen molar-refractivity contribution >= 4 is 5.91 Å². The van der Waals surface area contributed by atoms with Gasteiger partial charge in [-0.15, -0.1) is 0 Å². The van der Waals surface area contributed by atoms with Gasteiger partial charge in [-0.3, -0.25) is 4.79 Å². The third-order valence-corrected chi connectivity index (χ3v) is 1.53. The molecular formula is C7H15NO4. The van der Waals surface area contributed by atoms with Crippen molar-refractivity contribution < 1.29 is 19.6 Å². The third kappa shape index (κ3) is 3.17. The Labute approximate surface area is 71.6 Å². The number of primary amides is 1. The molecule has 0 heterocycles. The zero-order valence-electron chi connectivity index (χ0n) is 7.62. The number of amides is 1. The first-order valence-electron chi connectivity index (χ1n) is 3.75. The van der Waals surface area contributed by atoms with E-state index in [0.29, 0.717) is 6.42 Å². The van der Waals surface area contributed by atoms with Crippen molar-refractivity contribution in [1.29, 1.82) is 0 Å². The van der Waals surface area contributed by atoms with E-state index in [9.17, 15) is 4.79 Å². The van der Waals surface area contributed by atoms with Gasteiger partial charge in [0.15, 0.2) is 5.60 Å². The molecule has 0 spiro atoms. The molecule has 0 bridgehead atoms. The van der Waals surface area contributed by atoms with Gasteiger partial charge in [0.05, 0.1) is 7.11 Å². The van der Waals surface area contributed by atoms with Crippen LogP contribution in [0.25, 0.3) is 0 Å². The number of carbonyl (C=O) groups excluding carboxylic acids is 1. The maximum absolute atomic E-state index is 10.9. The third-order valence-electron chi connectivity index (χ3n) is 1.53. The summed E-state index contributed by atoms with van der Waals surface area (Å²) < 4.78 is 0. The molecule has 0 aliphatic carbocycles. The maximum atomic E-state index is 10.9. The SMILES string of the molecule is CCCC(C)(OOOC)C(N)=O. The smallest absolute Gasteiger partial charge is 0.252 e. The summed E-state index contributed by atoms with van der Waals surface area (Å²) in [5, 5.41) is 4.21. The molecule has 0 saturated carbocycles. The molecule has 5 nitrogen and oxygen atoms in total. The zero-order chi connectivity index (χ0) is 9.61. The number of hydrogen-bond acceptors (Lipinski definition) is 4. The van der Waals surface area contributed by atoms with E-state index in [1.165, 1.54) is 7.11 Å². The summed E-state index contributed by atoms with van der Waals surface area (Å²) in [6.07, 6.45) is 1.26. The van der Waals surface area contributed by atoms with E-state index in [4.69, 9.17) is 5.73 Å². The van der Waals surface area contributed by atoms with Crippen molar-refractivity contribution in [2.75, 3.05) is 7.11 Å². The normalized spacial score (nSPS) is 15.6. The van der Waals surface area contributed by atoms with Crippen LogP contribution in [0.5, 0.6) is 0 Å². The van der Waals surface area contributed by atoms with E-state index < -0.39 is 11.5 Å². The van der Waals surface area contributed by atoms with Gasteiger partial charge < -0.3 is 5.73 Å². The van der Waals surface area contributed by atoms with Gasteiger partial charge in [0.25, 0.3) is 5.91 Å². The number of nitrogens with two attached hydrogens (primary N) is 1. The summed E-state index contributed by atoms with van der Waals surface area (Å²) in [7, 11) is 1.29. The molecule has 1 atom stereocenters. The lowest BCUT2D eigenvalue weighted by molar-refractivity contribution is -0.526. The highest BCUT2D eigenvalue weighted by Gasteiger charge is 2.33. The molecule has 72 valence electrons. The summed E-state index contributed by atoms with van der Waals surface area (Å²) in [5.41, 5.74) is 3.99. The second-order valence-electron chi connectivity index (χ2n) is 2.66. The van der Waals surface area contributed by atoms with E-state index in [2.05, 4.69) is 14.8 Å². The highest BCUT2D eigenvalue weighted by atomic mass is 17.5. The Morgan fingerprint density at radius 3 is 2.50 bits per heavy atom. The van der Waals surface area contributed by atoms with Gasteiger partial charge in [0.1, 0.15) is 0 Å². The van der Waals surface area contributed by atoms with Crippen molar-refractivity contribution in [3.8, 4) is 0 Å². The monoisotopic (exact) mass is 177 g/mol. The van der Waals surface area contributed by atoms with Crippen molar-refractivity contribution in [2.45, 2.75) is 32.3 Å². The molecular weight excluding hydrogens is 162 g/mol. The zero-order valence-corrected chi connectivity index (χ0v) is 7.62. The Morgan fingerprint density at radius 2 is 2.17 bits per heavy atom. The fraction of sp³-hybridized carbons (Fsp3) is 0.857. The van der Waals surface area contributed by atoms with Gasteiger partial charge in [-0.25, -0.2) is 4.89 Å². The van der Waals surface area contributed by atoms with Crippen LogP contribution in [0.15, 0.2) is 0 Å². The predicted molar refractivity (Wildman–Crippen MR) is 41.7 cm³/mol. The molecule has 1 amide bonds. The summed E-state index contributed by atoms with van der Waals surface area (Å²) in [6.45, 7) is 3.47. The van der Waals surface area contributed by atoms with Gasteiger partial charge in [-0.1, -0.05) is 18.4 Å². The van der Waals surface area contributed by atoms with Gasteiger partial charge in [0, 0.05) is 0 Å². The summed E-state index contributed by atoms with van der Waals surface area (Å²) in [4.78, 5) is 19.8. The van der Waals surface area contributed by atoms with Crippen LogP contribution in [0, 0.1) is 0 Å². The predicted octanol–water partition coefficient (Wildman–Crippen LogP) is 0.540. The first-order chi connectivity index (χ1) is 5.56. The molecule has 5 heteroatoms. The number of rotatable bonds is 6. The lowest BCUT2D eigenvalue weighted by atomic mass is 10.0.